The number of carboxylic acid groups (broad SMARTS) is 1. The number of hydrogen-bond donors (Lipinski definition) is 1. The molecule has 0 radical (unpaired) electrons. The van der Waals surface area contributed by atoms with Crippen molar-refractivity contribution in [2.75, 3.05) is 6.54 Å². The SMILES string of the molecule is Cc1c(S(=O)(=O)n2cc(CN(CC(C)(C)C)C(=O)O)c(F)c2-c2cccnc2F)cnn1C. The van der Waals surface area contributed by atoms with Crippen LogP contribution in [0.4, 0.5) is 13.6 Å². The highest BCUT2D eigenvalue weighted by Gasteiger charge is 2.32. The first-order valence-corrected chi connectivity index (χ1v) is 11.4. The van der Waals surface area contributed by atoms with E-state index in [0.717, 1.165) is 23.5 Å². The molecule has 3 aromatic rings. The molecule has 0 saturated carbocycles. The van der Waals surface area contributed by atoms with E-state index in [1.165, 1.54) is 23.7 Å². The van der Waals surface area contributed by atoms with Crippen LogP contribution in [0.1, 0.15) is 32.0 Å². The lowest BCUT2D eigenvalue weighted by atomic mass is 9.96. The summed E-state index contributed by atoms with van der Waals surface area (Å²) in [5, 5.41) is 13.5. The van der Waals surface area contributed by atoms with Gasteiger partial charge in [0.05, 0.1) is 24.0 Å². The molecular weight excluding hydrogens is 456 g/mol. The van der Waals surface area contributed by atoms with Gasteiger partial charge < -0.3 is 10.0 Å². The molecule has 9 nitrogen and oxygen atoms in total. The van der Waals surface area contributed by atoms with Crippen molar-refractivity contribution < 1.29 is 27.1 Å². The van der Waals surface area contributed by atoms with Crippen LogP contribution in [-0.2, 0) is 23.6 Å². The van der Waals surface area contributed by atoms with Crippen LogP contribution < -0.4 is 0 Å². The summed E-state index contributed by atoms with van der Waals surface area (Å²) in [7, 11) is -2.85. The van der Waals surface area contributed by atoms with Crippen molar-refractivity contribution in [3.8, 4) is 11.3 Å². The highest BCUT2D eigenvalue weighted by atomic mass is 32.2. The van der Waals surface area contributed by atoms with Gasteiger partial charge in [-0.25, -0.2) is 26.6 Å². The molecule has 0 bridgehead atoms. The maximum atomic E-state index is 15.6. The Hall–Kier alpha value is -3.28. The van der Waals surface area contributed by atoms with Gasteiger partial charge >= 0.3 is 6.09 Å². The summed E-state index contributed by atoms with van der Waals surface area (Å²) < 4.78 is 59.1. The van der Waals surface area contributed by atoms with E-state index < -0.39 is 45.5 Å². The number of carbonyl (C=O) groups is 1. The molecule has 3 heterocycles. The minimum Gasteiger partial charge on any atom is -0.465 e. The first-order valence-electron chi connectivity index (χ1n) is 9.96. The third-order valence-corrected chi connectivity index (χ3v) is 6.78. The number of nitrogens with zero attached hydrogens (tertiary/aromatic N) is 5. The molecule has 0 unspecified atom stereocenters. The highest BCUT2D eigenvalue weighted by Crippen LogP contribution is 2.33. The van der Waals surface area contributed by atoms with Crippen LogP contribution in [0, 0.1) is 24.1 Å². The van der Waals surface area contributed by atoms with Crippen molar-refractivity contribution >= 4 is 16.1 Å². The average molecular weight is 482 g/mol. The van der Waals surface area contributed by atoms with Crippen LogP contribution in [0.15, 0.2) is 35.6 Å². The van der Waals surface area contributed by atoms with Crippen LogP contribution in [0.25, 0.3) is 11.3 Å². The van der Waals surface area contributed by atoms with Crippen molar-refractivity contribution in [3.05, 3.63) is 53.7 Å². The van der Waals surface area contributed by atoms with E-state index in [9.17, 15) is 22.7 Å². The lowest BCUT2D eigenvalue weighted by Gasteiger charge is -2.27. The van der Waals surface area contributed by atoms with E-state index in [4.69, 9.17) is 0 Å². The normalized spacial score (nSPS) is 12.2. The zero-order valence-corrected chi connectivity index (χ0v) is 19.7. The number of amides is 1. The Labute approximate surface area is 190 Å². The van der Waals surface area contributed by atoms with Gasteiger partial charge in [0.25, 0.3) is 10.0 Å². The maximum absolute atomic E-state index is 15.6. The molecule has 3 aromatic heterocycles. The summed E-state index contributed by atoms with van der Waals surface area (Å²) in [4.78, 5) is 16.1. The standard InChI is InChI=1S/C21H25F2N5O4S/c1-13-16(9-25-26(13)5)33(31,32)28-11-14(10-27(20(29)30)12-21(2,3)4)17(22)18(28)15-7-6-8-24-19(15)23/h6-9,11H,10,12H2,1-5H3,(H,29,30). The maximum Gasteiger partial charge on any atom is 0.407 e. The summed E-state index contributed by atoms with van der Waals surface area (Å²) >= 11 is 0. The Morgan fingerprint density at radius 3 is 2.45 bits per heavy atom. The monoisotopic (exact) mass is 481 g/mol. The number of pyridine rings is 1. The second-order valence-electron chi connectivity index (χ2n) is 8.88. The Kier molecular flexibility index (Phi) is 6.33. The minimum absolute atomic E-state index is 0.0675. The van der Waals surface area contributed by atoms with Gasteiger partial charge in [-0.1, -0.05) is 20.8 Å². The van der Waals surface area contributed by atoms with E-state index in [1.54, 1.807) is 7.05 Å². The molecule has 0 aliphatic rings. The van der Waals surface area contributed by atoms with Crippen LogP contribution in [-0.4, -0.2) is 49.8 Å². The summed E-state index contributed by atoms with van der Waals surface area (Å²) in [5.41, 5.74) is -1.30. The summed E-state index contributed by atoms with van der Waals surface area (Å²) in [6.07, 6.45) is 1.96. The molecule has 178 valence electrons. The predicted molar refractivity (Wildman–Crippen MR) is 116 cm³/mol. The molecule has 1 N–H and O–H groups in total. The second-order valence-corrected chi connectivity index (χ2v) is 10.7. The van der Waals surface area contributed by atoms with Crippen molar-refractivity contribution in [1.82, 2.24) is 23.6 Å². The zero-order chi connectivity index (χ0) is 24.7. The van der Waals surface area contributed by atoms with Gasteiger partial charge in [-0.3, -0.25) is 4.68 Å². The van der Waals surface area contributed by atoms with Gasteiger partial charge in [-0.15, -0.1) is 0 Å². The Morgan fingerprint density at radius 2 is 1.94 bits per heavy atom. The van der Waals surface area contributed by atoms with Crippen LogP contribution in [0.2, 0.25) is 0 Å². The molecule has 0 spiro atoms. The van der Waals surface area contributed by atoms with Gasteiger partial charge in [0.1, 0.15) is 10.6 Å². The number of rotatable bonds is 6. The predicted octanol–water partition coefficient (Wildman–Crippen LogP) is 3.63. The number of hydrogen-bond acceptors (Lipinski definition) is 5. The number of aryl methyl sites for hydroxylation is 1. The van der Waals surface area contributed by atoms with Gasteiger partial charge in [-0.05, 0) is 24.5 Å². The summed E-state index contributed by atoms with van der Waals surface area (Å²) in [5.74, 6) is -2.11. The molecule has 0 atom stereocenters. The third-order valence-electron chi connectivity index (χ3n) is 5.02. The van der Waals surface area contributed by atoms with Crippen LogP contribution in [0.5, 0.6) is 0 Å². The Bertz CT molecular complexity index is 1310. The third kappa shape index (κ3) is 4.75. The first kappa shape index (κ1) is 24.4. The molecular formula is C21H25F2N5O4S. The summed E-state index contributed by atoms with van der Waals surface area (Å²) in [6, 6.07) is 2.55. The van der Waals surface area contributed by atoms with Gasteiger partial charge in [0.2, 0.25) is 5.95 Å². The van der Waals surface area contributed by atoms with Crippen molar-refractivity contribution in [2.24, 2.45) is 12.5 Å². The van der Waals surface area contributed by atoms with Crippen molar-refractivity contribution in [1.29, 1.82) is 0 Å². The van der Waals surface area contributed by atoms with Gasteiger partial charge in [0, 0.05) is 31.5 Å². The fraction of sp³-hybridized carbons (Fsp3) is 0.381. The van der Waals surface area contributed by atoms with Crippen molar-refractivity contribution in [3.63, 3.8) is 0 Å². The lowest BCUT2D eigenvalue weighted by Crippen LogP contribution is -2.36. The summed E-state index contributed by atoms with van der Waals surface area (Å²) in [6.45, 7) is 6.62. The van der Waals surface area contributed by atoms with Crippen LogP contribution >= 0.6 is 0 Å². The molecule has 33 heavy (non-hydrogen) atoms. The number of aromatic nitrogens is 4. The van der Waals surface area contributed by atoms with Gasteiger partial charge in [0.15, 0.2) is 5.82 Å². The topological polar surface area (TPSA) is 110 Å². The molecule has 3 rings (SSSR count). The van der Waals surface area contributed by atoms with Crippen LogP contribution in [0.3, 0.4) is 0 Å². The van der Waals surface area contributed by atoms with E-state index in [-0.39, 0.29) is 22.6 Å². The van der Waals surface area contributed by atoms with E-state index in [0.29, 0.717) is 9.67 Å². The molecule has 0 saturated heterocycles. The van der Waals surface area contributed by atoms with Gasteiger partial charge in [-0.2, -0.15) is 9.49 Å². The smallest absolute Gasteiger partial charge is 0.407 e. The highest BCUT2D eigenvalue weighted by molar-refractivity contribution is 7.90. The first-order chi connectivity index (χ1) is 15.2. The second kappa shape index (κ2) is 8.58. The largest absolute Gasteiger partial charge is 0.465 e. The quantitative estimate of drug-likeness (QED) is 0.539. The van der Waals surface area contributed by atoms with E-state index in [1.807, 2.05) is 20.8 Å². The zero-order valence-electron chi connectivity index (χ0n) is 18.9. The number of halogens is 2. The molecule has 0 fully saturated rings. The Balaban J connectivity index is 2.24. The fourth-order valence-electron chi connectivity index (χ4n) is 3.42. The molecule has 0 aliphatic carbocycles. The fourth-order valence-corrected chi connectivity index (χ4v) is 5.00. The van der Waals surface area contributed by atoms with E-state index in [2.05, 4.69) is 10.1 Å². The minimum atomic E-state index is -4.40. The van der Waals surface area contributed by atoms with E-state index >= 15 is 4.39 Å². The molecule has 12 heteroatoms. The van der Waals surface area contributed by atoms with Crippen molar-refractivity contribution in [2.45, 2.75) is 39.1 Å². The average Bonchev–Trinajstić information content (AvgIpc) is 3.21. The molecule has 0 aliphatic heterocycles. The molecule has 1 amide bonds. The molecule has 0 aromatic carbocycles. The Morgan fingerprint density at radius 1 is 1.27 bits per heavy atom. The lowest BCUT2D eigenvalue weighted by molar-refractivity contribution is 0.122.